The van der Waals surface area contributed by atoms with E-state index in [1.807, 2.05) is 25.1 Å². The van der Waals surface area contributed by atoms with Crippen molar-refractivity contribution in [2.75, 3.05) is 18.0 Å². The van der Waals surface area contributed by atoms with Crippen LogP contribution in [0.15, 0.2) is 47.4 Å². The van der Waals surface area contributed by atoms with Crippen LogP contribution in [0.1, 0.15) is 44.4 Å². The third-order valence-corrected chi connectivity index (χ3v) is 7.41. The molecule has 0 spiro atoms. The van der Waals surface area contributed by atoms with Gasteiger partial charge in [-0.2, -0.15) is 0 Å². The molecular formula is C22H25FN2OS. The van der Waals surface area contributed by atoms with E-state index in [1.165, 1.54) is 29.1 Å². The van der Waals surface area contributed by atoms with Gasteiger partial charge in [0.05, 0.1) is 6.04 Å². The van der Waals surface area contributed by atoms with Crippen LogP contribution in [-0.4, -0.2) is 24.2 Å². The van der Waals surface area contributed by atoms with E-state index in [0.29, 0.717) is 11.4 Å². The minimum atomic E-state index is -0.420. The summed E-state index contributed by atoms with van der Waals surface area (Å²) in [5.74, 6) is -0.252. The van der Waals surface area contributed by atoms with Crippen LogP contribution in [0.5, 0.6) is 0 Å². The van der Waals surface area contributed by atoms with E-state index in [9.17, 15) is 9.18 Å². The van der Waals surface area contributed by atoms with Crippen LogP contribution in [0.25, 0.3) is 0 Å². The zero-order chi connectivity index (χ0) is 19.2. The average molecular weight is 385 g/mol. The third-order valence-electron chi connectivity index (χ3n) is 5.80. The number of para-hydroxylation sites is 1. The first kappa shape index (κ1) is 18.4. The molecule has 2 aromatic carbocycles. The number of nitrogens with zero attached hydrogens (tertiary/aromatic N) is 1. The Labute approximate surface area is 164 Å². The van der Waals surface area contributed by atoms with Crippen molar-refractivity contribution in [3.05, 3.63) is 59.4 Å². The fourth-order valence-electron chi connectivity index (χ4n) is 4.75. The van der Waals surface area contributed by atoms with Gasteiger partial charge in [-0.1, -0.05) is 44.2 Å². The summed E-state index contributed by atoms with van der Waals surface area (Å²) in [6.07, 6.45) is 0.991. The van der Waals surface area contributed by atoms with Crippen molar-refractivity contribution in [2.24, 2.45) is 0 Å². The molecule has 5 heteroatoms. The monoisotopic (exact) mass is 384 g/mol. The highest BCUT2D eigenvalue weighted by molar-refractivity contribution is 8.00. The van der Waals surface area contributed by atoms with Crippen molar-refractivity contribution in [2.45, 2.75) is 48.8 Å². The molecular weight excluding hydrogens is 359 g/mol. The molecule has 0 aliphatic carbocycles. The molecule has 27 heavy (non-hydrogen) atoms. The Bertz CT molecular complexity index is 886. The number of benzene rings is 2. The molecule has 0 aromatic heterocycles. The minimum Gasteiger partial charge on any atom is -0.363 e. The average Bonchev–Trinajstić information content (AvgIpc) is 2.92. The molecule has 0 bridgehead atoms. The van der Waals surface area contributed by atoms with Crippen LogP contribution in [0.4, 0.5) is 10.1 Å². The lowest BCUT2D eigenvalue weighted by atomic mass is 9.72. The maximum absolute atomic E-state index is 14.7. The molecule has 0 saturated heterocycles. The van der Waals surface area contributed by atoms with Crippen molar-refractivity contribution in [3.63, 3.8) is 0 Å². The van der Waals surface area contributed by atoms with Crippen LogP contribution < -0.4 is 10.2 Å². The van der Waals surface area contributed by atoms with Crippen LogP contribution in [-0.2, 0) is 10.2 Å². The van der Waals surface area contributed by atoms with Crippen LogP contribution in [0.3, 0.4) is 0 Å². The maximum atomic E-state index is 14.7. The normalized spacial score (nSPS) is 25.6. The van der Waals surface area contributed by atoms with Gasteiger partial charge in [-0.05, 0) is 36.6 Å². The fraction of sp³-hybridized carbons (Fsp3) is 0.409. The molecule has 4 rings (SSSR count). The SMILES string of the molecule is CCCN1c2ccccc2[C@@]2(C)C(C(=O)NCC)Sc3c(F)cccc3C12. The molecule has 3 nitrogen and oxygen atoms in total. The molecule has 2 unspecified atom stereocenters. The van der Waals surface area contributed by atoms with Crippen LogP contribution in [0.2, 0.25) is 0 Å². The summed E-state index contributed by atoms with van der Waals surface area (Å²) in [4.78, 5) is 16.1. The first-order chi connectivity index (χ1) is 13.0. The first-order valence-electron chi connectivity index (χ1n) is 9.62. The second-order valence-corrected chi connectivity index (χ2v) is 8.56. The number of anilines is 1. The van der Waals surface area contributed by atoms with E-state index in [-0.39, 0.29) is 23.0 Å². The molecule has 1 amide bonds. The number of nitrogens with one attached hydrogen (secondary N) is 1. The highest BCUT2D eigenvalue weighted by atomic mass is 32.2. The van der Waals surface area contributed by atoms with Gasteiger partial charge in [0.2, 0.25) is 5.91 Å². The minimum absolute atomic E-state index is 0.0166. The first-order valence-corrected chi connectivity index (χ1v) is 10.5. The second kappa shape index (κ2) is 6.86. The molecule has 2 heterocycles. The molecule has 0 saturated carbocycles. The van der Waals surface area contributed by atoms with Crippen molar-refractivity contribution in [1.29, 1.82) is 0 Å². The van der Waals surface area contributed by atoms with Gasteiger partial charge in [0, 0.05) is 29.1 Å². The van der Waals surface area contributed by atoms with Gasteiger partial charge in [0.15, 0.2) is 0 Å². The summed E-state index contributed by atoms with van der Waals surface area (Å²) in [5, 5.41) is 2.60. The van der Waals surface area contributed by atoms with E-state index in [0.717, 1.165) is 18.5 Å². The molecule has 2 aliphatic rings. The predicted octanol–water partition coefficient (Wildman–Crippen LogP) is 4.67. The molecule has 0 fully saturated rings. The molecule has 2 aliphatic heterocycles. The van der Waals surface area contributed by atoms with Gasteiger partial charge in [-0.15, -0.1) is 11.8 Å². The number of hydrogen-bond acceptors (Lipinski definition) is 3. The van der Waals surface area contributed by atoms with E-state index in [2.05, 4.69) is 36.2 Å². The lowest BCUT2D eigenvalue weighted by Crippen LogP contribution is -2.52. The van der Waals surface area contributed by atoms with Gasteiger partial charge < -0.3 is 10.2 Å². The summed E-state index contributed by atoms with van der Waals surface area (Å²) in [6.45, 7) is 7.70. The van der Waals surface area contributed by atoms with Gasteiger partial charge in [0.1, 0.15) is 11.1 Å². The molecule has 2 aromatic rings. The topological polar surface area (TPSA) is 32.3 Å². The van der Waals surface area contributed by atoms with Gasteiger partial charge in [0.25, 0.3) is 0 Å². The van der Waals surface area contributed by atoms with Gasteiger partial charge >= 0.3 is 0 Å². The lowest BCUT2D eigenvalue weighted by Gasteiger charge is -2.45. The number of carbonyl (C=O) groups excluding carboxylic acids is 1. The molecule has 3 atom stereocenters. The third kappa shape index (κ3) is 2.59. The Kier molecular flexibility index (Phi) is 4.66. The number of amides is 1. The number of halogens is 1. The Balaban J connectivity index is 1.97. The number of rotatable bonds is 4. The number of carbonyl (C=O) groups is 1. The van der Waals surface area contributed by atoms with Crippen molar-refractivity contribution in [1.82, 2.24) is 5.32 Å². The zero-order valence-electron chi connectivity index (χ0n) is 16.0. The molecule has 1 N–H and O–H groups in total. The maximum Gasteiger partial charge on any atom is 0.234 e. The predicted molar refractivity (Wildman–Crippen MR) is 109 cm³/mol. The standard InChI is InChI=1S/C22H25FN2OS/c1-4-13-25-17-12-7-6-10-15(17)22(3)19(25)14-9-8-11-16(23)18(14)27-20(22)21(26)24-5-2/h6-12,19-20H,4-5,13H2,1-3H3,(H,24,26)/t19?,20?,22-/m1/s1. The number of hydrogen-bond donors (Lipinski definition) is 1. The summed E-state index contributed by atoms with van der Waals surface area (Å²) >= 11 is 1.38. The Morgan fingerprint density at radius 2 is 2.00 bits per heavy atom. The highest BCUT2D eigenvalue weighted by Crippen LogP contribution is 2.62. The smallest absolute Gasteiger partial charge is 0.234 e. The summed E-state index contributed by atoms with van der Waals surface area (Å²) in [6, 6.07) is 13.6. The van der Waals surface area contributed by atoms with Crippen LogP contribution >= 0.6 is 11.8 Å². The zero-order valence-corrected chi connectivity index (χ0v) is 16.8. The Morgan fingerprint density at radius 3 is 2.74 bits per heavy atom. The Morgan fingerprint density at radius 1 is 1.22 bits per heavy atom. The van der Waals surface area contributed by atoms with Crippen molar-refractivity contribution in [3.8, 4) is 0 Å². The van der Waals surface area contributed by atoms with E-state index in [1.54, 1.807) is 6.07 Å². The fourth-order valence-corrected chi connectivity index (χ4v) is 6.18. The summed E-state index contributed by atoms with van der Waals surface area (Å²) in [5.41, 5.74) is 2.92. The van der Waals surface area contributed by atoms with E-state index >= 15 is 0 Å². The highest BCUT2D eigenvalue weighted by Gasteiger charge is 2.58. The lowest BCUT2D eigenvalue weighted by molar-refractivity contribution is -0.121. The summed E-state index contributed by atoms with van der Waals surface area (Å²) < 4.78 is 14.7. The van der Waals surface area contributed by atoms with Gasteiger partial charge in [-0.3, -0.25) is 4.79 Å². The van der Waals surface area contributed by atoms with Crippen molar-refractivity contribution < 1.29 is 9.18 Å². The number of thioether (sulfide) groups is 1. The quantitative estimate of drug-likeness (QED) is 0.832. The largest absolute Gasteiger partial charge is 0.363 e. The van der Waals surface area contributed by atoms with Crippen LogP contribution in [0, 0.1) is 5.82 Å². The Hall–Kier alpha value is -2.01. The number of fused-ring (bicyclic) bond motifs is 5. The van der Waals surface area contributed by atoms with E-state index in [4.69, 9.17) is 0 Å². The van der Waals surface area contributed by atoms with Gasteiger partial charge in [-0.25, -0.2) is 4.39 Å². The van der Waals surface area contributed by atoms with E-state index < -0.39 is 5.41 Å². The second-order valence-electron chi connectivity index (χ2n) is 7.45. The molecule has 142 valence electrons. The molecule has 0 radical (unpaired) electrons. The summed E-state index contributed by atoms with van der Waals surface area (Å²) in [7, 11) is 0. The van der Waals surface area contributed by atoms with Crippen molar-refractivity contribution >= 4 is 23.4 Å².